The molecule has 31 heavy (non-hydrogen) atoms. The zero-order valence-corrected chi connectivity index (χ0v) is 17.3. The van der Waals surface area contributed by atoms with Gasteiger partial charge in [0, 0.05) is 24.4 Å². The Kier molecular flexibility index (Phi) is 5.98. The molecule has 0 aliphatic rings. The van der Waals surface area contributed by atoms with Crippen LogP contribution < -0.4 is 10.2 Å². The molecule has 158 valence electrons. The van der Waals surface area contributed by atoms with Crippen molar-refractivity contribution in [2.75, 3.05) is 20.2 Å². The highest BCUT2D eigenvalue weighted by atomic mass is 19.1. The van der Waals surface area contributed by atoms with E-state index >= 15 is 0 Å². The van der Waals surface area contributed by atoms with Gasteiger partial charge in [0.15, 0.2) is 5.43 Å². The molecule has 3 aromatic carbocycles. The van der Waals surface area contributed by atoms with E-state index in [1.807, 2.05) is 41.0 Å². The standard InChI is InChI=1S/C25H23FN2O3/c1-27(15-6-16-31-19-13-11-18(26)12-14-19)24(29)17-28-22-9-4-2-7-20(22)25(30)21-8-3-5-10-23(21)28/h2-5,7-14H,6,15-17H2,1H3. The highest BCUT2D eigenvalue weighted by molar-refractivity contribution is 5.94. The van der Waals surface area contributed by atoms with Gasteiger partial charge < -0.3 is 14.2 Å². The molecule has 1 aromatic heterocycles. The first-order valence-corrected chi connectivity index (χ1v) is 10.2. The largest absolute Gasteiger partial charge is 0.494 e. The van der Waals surface area contributed by atoms with Crippen LogP contribution in [0.25, 0.3) is 21.8 Å². The normalized spacial score (nSPS) is 11.0. The summed E-state index contributed by atoms with van der Waals surface area (Å²) in [6, 6.07) is 20.6. The number of aromatic nitrogens is 1. The van der Waals surface area contributed by atoms with Crippen molar-refractivity contribution < 1.29 is 13.9 Å². The second kappa shape index (κ2) is 9.00. The number of likely N-dealkylation sites (N-methyl/N-ethyl adjacent to an activating group) is 1. The van der Waals surface area contributed by atoms with E-state index in [-0.39, 0.29) is 23.7 Å². The Labute approximate surface area is 179 Å². The zero-order valence-electron chi connectivity index (χ0n) is 17.3. The zero-order chi connectivity index (χ0) is 21.8. The molecule has 0 radical (unpaired) electrons. The van der Waals surface area contributed by atoms with Gasteiger partial charge in [-0.05, 0) is 55.0 Å². The highest BCUT2D eigenvalue weighted by Gasteiger charge is 2.15. The summed E-state index contributed by atoms with van der Waals surface area (Å²) in [6.45, 7) is 1.08. The number of halogens is 1. The van der Waals surface area contributed by atoms with Crippen molar-refractivity contribution in [1.82, 2.24) is 9.47 Å². The van der Waals surface area contributed by atoms with Gasteiger partial charge in [0.25, 0.3) is 0 Å². The second-order valence-corrected chi connectivity index (χ2v) is 7.42. The fourth-order valence-electron chi connectivity index (χ4n) is 3.65. The van der Waals surface area contributed by atoms with Crippen molar-refractivity contribution in [3.63, 3.8) is 0 Å². The molecule has 0 aliphatic carbocycles. The lowest BCUT2D eigenvalue weighted by Crippen LogP contribution is -2.32. The van der Waals surface area contributed by atoms with Crippen LogP contribution in [0.15, 0.2) is 77.6 Å². The van der Waals surface area contributed by atoms with Crippen molar-refractivity contribution in [2.24, 2.45) is 0 Å². The maximum Gasteiger partial charge on any atom is 0.242 e. The van der Waals surface area contributed by atoms with Gasteiger partial charge in [-0.1, -0.05) is 24.3 Å². The van der Waals surface area contributed by atoms with Crippen LogP contribution >= 0.6 is 0 Å². The first-order chi connectivity index (χ1) is 15.0. The number of nitrogens with zero attached hydrogens (tertiary/aromatic N) is 2. The molecule has 4 aromatic rings. The summed E-state index contributed by atoms with van der Waals surface area (Å²) >= 11 is 0. The first kappa shape index (κ1) is 20.6. The SMILES string of the molecule is CN(CCCOc1ccc(F)cc1)C(=O)Cn1c2ccccc2c(=O)c2ccccc21. The minimum absolute atomic E-state index is 0.0267. The van der Waals surface area contributed by atoms with Crippen molar-refractivity contribution >= 4 is 27.7 Å². The third kappa shape index (κ3) is 4.43. The molecule has 0 aliphatic heterocycles. The first-order valence-electron chi connectivity index (χ1n) is 10.2. The number of para-hydroxylation sites is 2. The molecule has 0 spiro atoms. The van der Waals surface area contributed by atoms with E-state index in [1.165, 1.54) is 12.1 Å². The average molecular weight is 418 g/mol. The Morgan fingerprint density at radius 1 is 0.935 bits per heavy atom. The van der Waals surface area contributed by atoms with Crippen molar-refractivity contribution in [2.45, 2.75) is 13.0 Å². The molecule has 1 amide bonds. The molecule has 0 bridgehead atoms. The molecule has 0 saturated heterocycles. The number of hydrogen-bond donors (Lipinski definition) is 0. The van der Waals surface area contributed by atoms with E-state index in [9.17, 15) is 14.0 Å². The number of fused-ring (bicyclic) bond motifs is 2. The van der Waals surface area contributed by atoms with Gasteiger partial charge in [0.2, 0.25) is 5.91 Å². The molecule has 1 heterocycles. The van der Waals surface area contributed by atoms with Crippen LogP contribution in [0.1, 0.15) is 6.42 Å². The van der Waals surface area contributed by atoms with Gasteiger partial charge in [-0.25, -0.2) is 4.39 Å². The number of pyridine rings is 1. The van der Waals surface area contributed by atoms with E-state index in [2.05, 4.69) is 0 Å². The van der Waals surface area contributed by atoms with Crippen LogP contribution in [-0.2, 0) is 11.3 Å². The predicted molar refractivity (Wildman–Crippen MR) is 120 cm³/mol. The summed E-state index contributed by atoms with van der Waals surface area (Å²) in [5.74, 6) is 0.238. The fraction of sp³-hybridized carbons (Fsp3) is 0.200. The topological polar surface area (TPSA) is 51.5 Å². The number of carbonyl (C=O) groups excluding carboxylic acids is 1. The smallest absolute Gasteiger partial charge is 0.242 e. The Morgan fingerprint density at radius 2 is 1.52 bits per heavy atom. The molecule has 0 atom stereocenters. The monoisotopic (exact) mass is 418 g/mol. The van der Waals surface area contributed by atoms with Gasteiger partial charge in [-0.2, -0.15) is 0 Å². The highest BCUT2D eigenvalue weighted by Crippen LogP contribution is 2.19. The third-order valence-corrected chi connectivity index (χ3v) is 5.32. The summed E-state index contributed by atoms with van der Waals surface area (Å²) in [4.78, 5) is 27.4. The van der Waals surface area contributed by atoms with Crippen LogP contribution in [-0.4, -0.2) is 35.6 Å². The lowest BCUT2D eigenvalue weighted by Gasteiger charge is -2.20. The van der Waals surface area contributed by atoms with Crippen LogP contribution in [0.4, 0.5) is 4.39 Å². The van der Waals surface area contributed by atoms with E-state index in [1.54, 1.807) is 36.2 Å². The summed E-state index contributed by atoms with van der Waals surface area (Å²) in [7, 11) is 1.76. The van der Waals surface area contributed by atoms with E-state index in [4.69, 9.17) is 4.74 Å². The van der Waals surface area contributed by atoms with E-state index in [0.717, 1.165) is 11.0 Å². The summed E-state index contributed by atoms with van der Waals surface area (Å²) in [5.41, 5.74) is 1.46. The van der Waals surface area contributed by atoms with Crippen LogP contribution in [0, 0.1) is 5.82 Å². The Hall–Kier alpha value is -3.67. The molecule has 0 saturated carbocycles. The minimum Gasteiger partial charge on any atom is -0.494 e. The Bertz CT molecular complexity index is 1220. The van der Waals surface area contributed by atoms with Crippen molar-refractivity contribution in [1.29, 1.82) is 0 Å². The van der Waals surface area contributed by atoms with Crippen molar-refractivity contribution in [3.8, 4) is 5.75 Å². The van der Waals surface area contributed by atoms with Gasteiger partial charge in [-0.3, -0.25) is 9.59 Å². The molecule has 0 N–H and O–H groups in total. The van der Waals surface area contributed by atoms with E-state index in [0.29, 0.717) is 36.1 Å². The second-order valence-electron chi connectivity index (χ2n) is 7.42. The number of benzene rings is 3. The molecule has 5 nitrogen and oxygen atoms in total. The quantitative estimate of drug-likeness (QED) is 0.334. The Morgan fingerprint density at radius 3 is 2.13 bits per heavy atom. The maximum absolute atomic E-state index is 12.9. The summed E-state index contributed by atoms with van der Waals surface area (Å²) < 4.78 is 20.4. The Balaban J connectivity index is 1.47. The predicted octanol–water partition coefficient (Wildman–Crippen LogP) is 4.22. The molecular formula is C25H23FN2O3. The molecular weight excluding hydrogens is 395 g/mol. The maximum atomic E-state index is 12.9. The molecule has 4 rings (SSSR count). The minimum atomic E-state index is -0.305. The lowest BCUT2D eigenvalue weighted by atomic mass is 10.1. The number of hydrogen-bond acceptors (Lipinski definition) is 3. The number of carbonyl (C=O) groups is 1. The van der Waals surface area contributed by atoms with E-state index < -0.39 is 0 Å². The molecule has 0 unspecified atom stereocenters. The average Bonchev–Trinajstić information content (AvgIpc) is 2.80. The summed E-state index contributed by atoms with van der Waals surface area (Å²) in [6.07, 6.45) is 0.644. The fourth-order valence-corrected chi connectivity index (χ4v) is 3.65. The number of ether oxygens (including phenoxy) is 1. The van der Waals surface area contributed by atoms with Gasteiger partial charge >= 0.3 is 0 Å². The molecule has 0 fully saturated rings. The third-order valence-electron chi connectivity index (χ3n) is 5.32. The van der Waals surface area contributed by atoms with Crippen LogP contribution in [0.3, 0.4) is 0 Å². The molecule has 6 heteroatoms. The van der Waals surface area contributed by atoms with Gasteiger partial charge in [-0.15, -0.1) is 0 Å². The van der Waals surface area contributed by atoms with Crippen LogP contribution in [0.2, 0.25) is 0 Å². The van der Waals surface area contributed by atoms with Gasteiger partial charge in [0.1, 0.15) is 18.1 Å². The number of rotatable bonds is 7. The van der Waals surface area contributed by atoms with Crippen molar-refractivity contribution in [3.05, 3.63) is 88.8 Å². The van der Waals surface area contributed by atoms with Crippen LogP contribution in [0.5, 0.6) is 5.75 Å². The van der Waals surface area contributed by atoms with Gasteiger partial charge in [0.05, 0.1) is 17.6 Å². The lowest BCUT2D eigenvalue weighted by molar-refractivity contribution is -0.130. The number of amides is 1. The summed E-state index contributed by atoms with van der Waals surface area (Å²) in [5, 5.41) is 1.20.